The Morgan fingerprint density at radius 3 is 1.41 bits per heavy atom. The van der Waals surface area contributed by atoms with Crippen LogP contribution in [0.1, 0.15) is 57.4 Å². The van der Waals surface area contributed by atoms with Gasteiger partial charge >= 0.3 is 0 Å². The van der Waals surface area contributed by atoms with Crippen LogP contribution < -0.4 is 0 Å². The molecule has 0 N–H and O–H groups in total. The fourth-order valence-electron chi connectivity index (χ4n) is 2.98. The van der Waals surface area contributed by atoms with Gasteiger partial charge in [0.1, 0.15) is 5.82 Å². The Bertz CT molecular complexity index is 1280. The summed E-state index contributed by atoms with van der Waals surface area (Å²) in [6.07, 6.45) is 0. The van der Waals surface area contributed by atoms with Crippen molar-refractivity contribution in [2.75, 3.05) is 0 Å². The number of hydrogen-bond donors (Lipinski definition) is 0. The van der Waals surface area contributed by atoms with Crippen molar-refractivity contribution in [3.05, 3.63) is 131 Å². The van der Waals surface area contributed by atoms with E-state index in [4.69, 9.17) is 23.2 Å². The van der Waals surface area contributed by atoms with Crippen molar-refractivity contribution >= 4 is 39.5 Å². The van der Waals surface area contributed by atoms with E-state index in [-0.39, 0.29) is 22.7 Å². The molecule has 4 aromatic carbocycles. The molecule has 4 rings (SSSR count). The smallest absolute Gasteiger partial charge is 0.252 e. The average molecular weight is 537 g/mol. The first-order valence-electron chi connectivity index (χ1n) is 11.5. The molecule has 0 saturated heterocycles. The minimum Gasteiger partial charge on any atom is -0.289 e. The monoisotopic (exact) mass is 536 g/mol. The summed E-state index contributed by atoms with van der Waals surface area (Å²) in [6.45, 7) is 6.50. The Labute approximate surface area is 226 Å². The van der Waals surface area contributed by atoms with Crippen LogP contribution in [0, 0.1) is 11.7 Å². The van der Waals surface area contributed by atoms with Crippen molar-refractivity contribution in [1.82, 2.24) is 0 Å². The summed E-state index contributed by atoms with van der Waals surface area (Å²) in [7, 11) is 0. The van der Waals surface area contributed by atoms with Gasteiger partial charge in [-0.25, -0.2) is 4.39 Å². The number of rotatable bonds is 5. The normalized spacial score (nSPS) is 9.92. The molecule has 0 aliphatic carbocycles. The molecule has 0 atom stereocenters. The molecule has 0 unspecified atom stereocenters. The third kappa shape index (κ3) is 10.1. The number of carbonyl (C=O) groups is 3. The molecule has 0 radical (unpaired) electrons. The van der Waals surface area contributed by atoms with E-state index in [1.165, 1.54) is 42.5 Å². The average Bonchev–Trinajstić information content (AvgIpc) is 2.89. The lowest BCUT2D eigenvalue weighted by Gasteiger charge is -2.04. The van der Waals surface area contributed by atoms with Crippen molar-refractivity contribution in [2.24, 2.45) is 5.92 Å². The topological polar surface area (TPSA) is 51.2 Å². The van der Waals surface area contributed by atoms with Gasteiger partial charge in [0, 0.05) is 22.3 Å². The highest BCUT2D eigenvalue weighted by molar-refractivity contribution is 6.69. The van der Waals surface area contributed by atoms with Crippen LogP contribution in [0.15, 0.2) is 103 Å². The molecule has 0 saturated carbocycles. The van der Waals surface area contributed by atoms with Crippen LogP contribution >= 0.6 is 23.2 Å². The molecule has 3 nitrogen and oxygen atoms in total. The van der Waals surface area contributed by atoms with Gasteiger partial charge in [0.05, 0.1) is 0 Å². The zero-order chi connectivity index (χ0) is 27.4. The van der Waals surface area contributed by atoms with Crippen LogP contribution in [0.4, 0.5) is 4.39 Å². The van der Waals surface area contributed by atoms with Crippen molar-refractivity contribution < 1.29 is 18.8 Å². The molecule has 0 amide bonds. The molecule has 0 heterocycles. The predicted molar refractivity (Wildman–Crippen MR) is 149 cm³/mol. The summed E-state index contributed by atoms with van der Waals surface area (Å²) in [5, 5.41) is -1.20. The Kier molecular flexibility index (Phi) is 11.9. The highest BCUT2D eigenvalue weighted by Crippen LogP contribution is 2.20. The van der Waals surface area contributed by atoms with Gasteiger partial charge in [0.25, 0.3) is 10.5 Å². The van der Waals surface area contributed by atoms with E-state index in [2.05, 4.69) is 20.8 Å². The quantitative estimate of drug-likeness (QED) is 0.189. The molecule has 0 aliphatic rings. The first-order chi connectivity index (χ1) is 17.6. The van der Waals surface area contributed by atoms with Crippen molar-refractivity contribution in [3.8, 4) is 11.1 Å². The van der Waals surface area contributed by atoms with Gasteiger partial charge in [-0.2, -0.15) is 0 Å². The highest BCUT2D eigenvalue weighted by Gasteiger charge is 2.09. The second kappa shape index (κ2) is 14.8. The van der Waals surface area contributed by atoms with E-state index in [9.17, 15) is 18.8 Å². The molecule has 0 spiro atoms. The van der Waals surface area contributed by atoms with Crippen LogP contribution in [0.25, 0.3) is 11.1 Å². The number of ketones is 1. The Balaban J connectivity index is 0.000000254. The molecule has 4 aromatic rings. The highest BCUT2D eigenvalue weighted by atomic mass is 35.5. The summed E-state index contributed by atoms with van der Waals surface area (Å²) < 4.78 is 12.9. The maximum atomic E-state index is 12.9. The first kappa shape index (κ1) is 29.6. The molecule has 37 heavy (non-hydrogen) atoms. The Morgan fingerprint density at radius 1 is 0.568 bits per heavy atom. The fourth-order valence-corrected chi connectivity index (χ4v) is 3.21. The third-order valence-corrected chi connectivity index (χ3v) is 5.11. The summed E-state index contributed by atoms with van der Waals surface area (Å²) in [5.74, 6) is 0.389. The van der Waals surface area contributed by atoms with Gasteiger partial charge < -0.3 is 0 Å². The summed E-state index contributed by atoms with van der Waals surface area (Å²) >= 11 is 10.4. The molecular formula is C31H27Cl2FO3. The maximum Gasteiger partial charge on any atom is 0.252 e. The van der Waals surface area contributed by atoms with Gasteiger partial charge in [-0.3, -0.25) is 14.4 Å². The zero-order valence-electron chi connectivity index (χ0n) is 20.8. The van der Waals surface area contributed by atoms with Gasteiger partial charge in [0.15, 0.2) is 5.78 Å². The predicted octanol–water partition coefficient (Wildman–Crippen LogP) is 8.83. The van der Waals surface area contributed by atoms with Crippen molar-refractivity contribution in [1.29, 1.82) is 0 Å². The standard InChI is InChI=1S/C19H13FO.C8H4Cl2O2.C4H10/c20-18-12-10-17(11-13-18)19(21)16-8-6-15(7-9-16)14-4-2-1-3-5-14;9-7(11)5-2-1-3-6(4-5)8(10)12;1-4(2)3/h1-13H;1-4H;4H,1-3H3. The van der Waals surface area contributed by atoms with E-state index < -0.39 is 10.5 Å². The molecule has 0 aliphatic heterocycles. The maximum absolute atomic E-state index is 12.9. The first-order valence-corrected chi connectivity index (χ1v) is 12.3. The van der Waals surface area contributed by atoms with E-state index in [0.29, 0.717) is 11.1 Å². The SMILES string of the molecule is CC(C)C.O=C(Cl)c1cccc(C(=O)Cl)c1.O=C(c1ccc(F)cc1)c1ccc(-c2ccccc2)cc1. The van der Waals surface area contributed by atoms with Crippen LogP contribution in [0.5, 0.6) is 0 Å². The molecule has 190 valence electrons. The van der Waals surface area contributed by atoms with Gasteiger partial charge in [0.2, 0.25) is 0 Å². The Hall–Kier alpha value is -3.60. The van der Waals surface area contributed by atoms with Gasteiger partial charge in [-0.05, 0) is 70.6 Å². The lowest BCUT2D eigenvalue weighted by Crippen LogP contribution is -2.00. The molecule has 0 aromatic heterocycles. The number of hydrogen-bond acceptors (Lipinski definition) is 3. The summed E-state index contributed by atoms with van der Waals surface area (Å²) in [4.78, 5) is 33.5. The minimum atomic E-state index is -0.602. The summed E-state index contributed by atoms with van der Waals surface area (Å²) in [6, 6.07) is 28.9. The van der Waals surface area contributed by atoms with E-state index >= 15 is 0 Å². The second-order valence-corrected chi connectivity index (χ2v) is 9.33. The van der Waals surface area contributed by atoms with Crippen LogP contribution in [-0.2, 0) is 0 Å². The van der Waals surface area contributed by atoms with Crippen LogP contribution in [0.2, 0.25) is 0 Å². The van der Waals surface area contributed by atoms with Crippen molar-refractivity contribution in [3.63, 3.8) is 0 Å². The number of halogens is 3. The molecular weight excluding hydrogens is 510 g/mol. The Morgan fingerprint density at radius 2 is 0.973 bits per heavy atom. The second-order valence-electron chi connectivity index (χ2n) is 8.64. The fraction of sp³-hybridized carbons (Fsp3) is 0.129. The molecule has 0 bridgehead atoms. The van der Waals surface area contributed by atoms with E-state index in [0.717, 1.165) is 17.0 Å². The van der Waals surface area contributed by atoms with Crippen LogP contribution in [-0.4, -0.2) is 16.3 Å². The lowest BCUT2D eigenvalue weighted by molar-refractivity contribution is 0.103. The molecule has 6 heteroatoms. The number of benzene rings is 4. The van der Waals surface area contributed by atoms with E-state index in [1.54, 1.807) is 18.2 Å². The largest absolute Gasteiger partial charge is 0.289 e. The summed E-state index contributed by atoms with van der Waals surface area (Å²) in [5.41, 5.74) is 3.79. The third-order valence-electron chi connectivity index (χ3n) is 4.68. The zero-order valence-corrected chi connectivity index (χ0v) is 22.3. The minimum absolute atomic E-state index is 0.102. The number of carbonyl (C=O) groups excluding carboxylic acids is 3. The van der Waals surface area contributed by atoms with Crippen molar-refractivity contribution in [2.45, 2.75) is 20.8 Å². The molecule has 0 fully saturated rings. The lowest BCUT2D eigenvalue weighted by atomic mass is 9.99. The van der Waals surface area contributed by atoms with Gasteiger partial charge in [-0.15, -0.1) is 0 Å². The van der Waals surface area contributed by atoms with E-state index in [1.807, 2.05) is 42.5 Å². The van der Waals surface area contributed by atoms with Gasteiger partial charge in [-0.1, -0.05) is 93.6 Å². The van der Waals surface area contributed by atoms with Crippen LogP contribution in [0.3, 0.4) is 0 Å².